The summed E-state index contributed by atoms with van der Waals surface area (Å²) in [6.07, 6.45) is 1.58. The summed E-state index contributed by atoms with van der Waals surface area (Å²) in [7, 11) is 0. The van der Waals surface area contributed by atoms with E-state index in [1.54, 1.807) is 6.92 Å². The van der Waals surface area contributed by atoms with Crippen molar-refractivity contribution in [2.75, 3.05) is 11.9 Å². The molecule has 3 N–H and O–H groups in total. The number of amides is 1. The highest BCUT2D eigenvalue weighted by Crippen LogP contribution is 2.29. The van der Waals surface area contributed by atoms with E-state index in [4.69, 9.17) is 0 Å². The van der Waals surface area contributed by atoms with Gasteiger partial charge in [0.05, 0.1) is 16.1 Å². The van der Waals surface area contributed by atoms with Crippen molar-refractivity contribution in [3.8, 4) is 5.75 Å². The number of nitro benzene ring substituents is 1. The SMILES string of the molecule is CC1(C(=O)Nc2cc([N+](=O)[O-])ccc2O)CCCN1. The second kappa shape index (κ2) is 4.85. The molecule has 0 radical (unpaired) electrons. The van der Waals surface area contributed by atoms with Crippen molar-refractivity contribution >= 4 is 17.3 Å². The van der Waals surface area contributed by atoms with E-state index in [9.17, 15) is 20.0 Å². The third-order valence-corrected chi connectivity index (χ3v) is 3.31. The van der Waals surface area contributed by atoms with Crippen LogP contribution < -0.4 is 10.6 Å². The Morgan fingerprint density at radius 3 is 2.89 bits per heavy atom. The Bertz CT molecular complexity index is 524. The third kappa shape index (κ3) is 2.65. The number of nitrogens with zero attached hydrogens (tertiary/aromatic N) is 1. The number of phenolic OH excluding ortho intramolecular Hbond substituents is 1. The molecule has 1 heterocycles. The molecule has 19 heavy (non-hydrogen) atoms. The molecular formula is C12H15N3O4. The number of non-ortho nitro benzene ring substituents is 1. The number of rotatable bonds is 3. The van der Waals surface area contributed by atoms with Gasteiger partial charge in [-0.3, -0.25) is 14.9 Å². The van der Waals surface area contributed by atoms with E-state index in [1.165, 1.54) is 12.1 Å². The number of carbonyl (C=O) groups is 1. The van der Waals surface area contributed by atoms with Gasteiger partial charge in [-0.25, -0.2) is 0 Å². The molecule has 0 aliphatic carbocycles. The number of aromatic hydroxyl groups is 1. The highest BCUT2D eigenvalue weighted by molar-refractivity contribution is 5.99. The molecule has 7 heteroatoms. The zero-order valence-corrected chi connectivity index (χ0v) is 10.5. The topological polar surface area (TPSA) is 104 Å². The van der Waals surface area contributed by atoms with Gasteiger partial charge in [-0.2, -0.15) is 0 Å². The molecule has 1 aromatic carbocycles. The summed E-state index contributed by atoms with van der Waals surface area (Å²) in [5.74, 6) is -0.499. The van der Waals surface area contributed by atoms with Gasteiger partial charge in [-0.15, -0.1) is 0 Å². The average Bonchev–Trinajstić information content (AvgIpc) is 2.80. The zero-order valence-electron chi connectivity index (χ0n) is 10.5. The minimum Gasteiger partial charge on any atom is -0.506 e. The molecule has 0 spiro atoms. The van der Waals surface area contributed by atoms with E-state index in [2.05, 4.69) is 10.6 Å². The predicted molar refractivity (Wildman–Crippen MR) is 69.0 cm³/mol. The van der Waals surface area contributed by atoms with E-state index in [-0.39, 0.29) is 23.0 Å². The van der Waals surface area contributed by atoms with Gasteiger partial charge in [0.1, 0.15) is 5.75 Å². The Hall–Kier alpha value is -2.15. The first-order valence-electron chi connectivity index (χ1n) is 5.96. The molecule has 1 aromatic rings. The van der Waals surface area contributed by atoms with Gasteiger partial charge in [0, 0.05) is 12.1 Å². The molecule has 0 saturated carbocycles. The summed E-state index contributed by atoms with van der Waals surface area (Å²) < 4.78 is 0. The van der Waals surface area contributed by atoms with Gasteiger partial charge in [0.25, 0.3) is 5.69 Å². The van der Waals surface area contributed by atoms with Gasteiger partial charge >= 0.3 is 0 Å². The highest BCUT2D eigenvalue weighted by Gasteiger charge is 2.36. The number of nitrogens with one attached hydrogen (secondary N) is 2. The largest absolute Gasteiger partial charge is 0.506 e. The fourth-order valence-electron chi connectivity index (χ4n) is 2.09. The van der Waals surface area contributed by atoms with Crippen molar-refractivity contribution in [1.29, 1.82) is 0 Å². The van der Waals surface area contributed by atoms with Crippen LogP contribution in [0.2, 0.25) is 0 Å². The Kier molecular flexibility index (Phi) is 3.39. The van der Waals surface area contributed by atoms with Crippen LogP contribution in [0.5, 0.6) is 5.75 Å². The number of nitro groups is 1. The monoisotopic (exact) mass is 265 g/mol. The summed E-state index contributed by atoms with van der Waals surface area (Å²) in [5, 5.41) is 25.9. The van der Waals surface area contributed by atoms with Crippen LogP contribution in [-0.4, -0.2) is 28.0 Å². The van der Waals surface area contributed by atoms with Crippen LogP contribution >= 0.6 is 0 Å². The molecule has 2 rings (SSSR count). The Morgan fingerprint density at radius 2 is 2.32 bits per heavy atom. The van der Waals surface area contributed by atoms with Crippen molar-refractivity contribution in [3.63, 3.8) is 0 Å². The van der Waals surface area contributed by atoms with Gasteiger partial charge in [-0.1, -0.05) is 0 Å². The van der Waals surface area contributed by atoms with E-state index >= 15 is 0 Å². The van der Waals surface area contributed by atoms with Gasteiger partial charge in [0.15, 0.2) is 0 Å². The summed E-state index contributed by atoms with van der Waals surface area (Å²) in [6.45, 7) is 2.52. The number of benzene rings is 1. The minimum atomic E-state index is -0.697. The van der Waals surface area contributed by atoms with Gasteiger partial charge in [-0.05, 0) is 32.4 Å². The van der Waals surface area contributed by atoms with Gasteiger partial charge in [0.2, 0.25) is 5.91 Å². The molecule has 1 aliphatic rings. The number of hydrogen-bond acceptors (Lipinski definition) is 5. The molecule has 1 saturated heterocycles. The van der Waals surface area contributed by atoms with E-state index in [1.807, 2.05) is 0 Å². The number of phenols is 1. The van der Waals surface area contributed by atoms with Crippen molar-refractivity contribution < 1.29 is 14.8 Å². The lowest BCUT2D eigenvalue weighted by Gasteiger charge is -2.23. The van der Waals surface area contributed by atoms with Crippen LogP contribution in [0.1, 0.15) is 19.8 Å². The summed E-state index contributed by atoms with van der Waals surface area (Å²) in [5.41, 5.74) is -0.830. The lowest BCUT2D eigenvalue weighted by atomic mass is 9.99. The molecule has 1 amide bonds. The maximum atomic E-state index is 12.1. The second-order valence-corrected chi connectivity index (χ2v) is 4.78. The number of anilines is 1. The van der Waals surface area contributed by atoms with E-state index in [0.717, 1.165) is 19.0 Å². The molecule has 0 bridgehead atoms. The first-order chi connectivity index (χ1) is 8.92. The Balaban J connectivity index is 2.20. The quantitative estimate of drug-likeness (QED) is 0.435. The van der Waals surface area contributed by atoms with Crippen LogP contribution in [0, 0.1) is 10.1 Å². The standard InChI is InChI=1S/C12H15N3O4/c1-12(5-2-6-13-12)11(17)14-9-7-8(15(18)19)3-4-10(9)16/h3-4,7,13,16H,2,5-6H2,1H3,(H,14,17). The fourth-order valence-corrected chi connectivity index (χ4v) is 2.09. The van der Waals surface area contributed by atoms with Crippen LogP contribution in [0.3, 0.4) is 0 Å². The molecule has 1 unspecified atom stereocenters. The van der Waals surface area contributed by atoms with E-state index in [0.29, 0.717) is 6.42 Å². The maximum Gasteiger partial charge on any atom is 0.271 e. The molecule has 1 fully saturated rings. The van der Waals surface area contributed by atoms with Crippen molar-refractivity contribution in [2.24, 2.45) is 0 Å². The zero-order chi connectivity index (χ0) is 14.0. The maximum absolute atomic E-state index is 12.1. The summed E-state index contributed by atoms with van der Waals surface area (Å²) in [4.78, 5) is 22.2. The summed E-state index contributed by atoms with van der Waals surface area (Å²) >= 11 is 0. The molecule has 102 valence electrons. The second-order valence-electron chi connectivity index (χ2n) is 4.78. The molecule has 7 nitrogen and oxygen atoms in total. The van der Waals surface area contributed by atoms with Crippen LogP contribution in [0.4, 0.5) is 11.4 Å². The minimum absolute atomic E-state index is 0.0501. The van der Waals surface area contributed by atoms with Gasteiger partial charge < -0.3 is 15.7 Å². The normalized spacial score (nSPS) is 22.2. The van der Waals surface area contributed by atoms with Crippen molar-refractivity contribution in [3.05, 3.63) is 28.3 Å². The average molecular weight is 265 g/mol. The van der Waals surface area contributed by atoms with Crippen molar-refractivity contribution in [2.45, 2.75) is 25.3 Å². The summed E-state index contributed by atoms with van der Waals surface area (Å²) in [6, 6.07) is 3.52. The van der Waals surface area contributed by atoms with E-state index < -0.39 is 10.5 Å². The fraction of sp³-hybridized carbons (Fsp3) is 0.417. The Morgan fingerprint density at radius 1 is 1.58 bits per heavy atom. The smallest absolute Gasteiger partial charge is 0.271 e. The highest BCUT2D eigenvalue weighted by atomic mass is 16.6. The van der Waals surface area contributed by atoms with Crippen LogP contribution in [0.15, 0.2) is 18.2 Å². The molecule has 1 atom stereocenters. The predicted octanol–water partition coefficient (Wildman–Crippen LogP) is 1.38. The third-order valence-electron chi connectivity index (χ3n) is 3.31. The molecule has 0 aromatic heterocycles. The van der Waals surface area contributed by atoms with Crippen molar-refractivity contribution in [1.82, 2.24) is 5.32 Å². The lowest BCUT2D eigenvalue weighted by molar-refractivity contribution is -0.384. The first-order valence-corrected chi connectivity index (χ1v) is 5.96. The Labute approximate surface area is 109 Å². The molecule has 1 aliphatic heterocycles. The number of hydrogen-bond donors (Lipinski definition) is 3. The number of carbonyl (C=O) groups excluding carboxylic acids is 1. The lowest BCUT2D eigenvalue weighted by Crippen LogP contribution is -2.47. The van der Waals surface area contributed by atoms with Crippen LogP contribution in [0.25, 0.3) is 0 Å². The van der Waals surface area contributed by atoms with Crippen LogP contribution in [-0.2, 0) is 4.79 Å². The first kappa shape index (κ1) is 13.3. The molecular weight excluding hydrogens is 250 g/mol.